The average Bonchev–Trinajstić information content (AvgIpc) is 2.99. The maximum absolute atomic E-state index is 14.1. The third kappa shape index (κ3) is 8.14. The van der Waals surface area contributed by atoms with Gasteiger partial charge in [0.1, 0.15) is 0 Å². The summed E-state index contributed by atoms with van der Waals surface area (Å²) in [5.74, 6) is -124. The summed E-state index contributed by atoms with van der Waals surface area (Å²) in [6.07, 6.45) is -1.52. The largest absolute Gasteiger partial charge is 0.385 e. The van der Waals surface area contributed by atoms with Gasteiger partial charge in [-0.3, -0.25) is 0 Å². The normalized spacial score (nSPS) is 16.3. The lowest BCUT2D eigenvalue weighted by Crippen LogP contribution is -2.79. The van der Waals surface area contributed by atoms with Crippen molar-refractivity contribution in [1.82, 2.24) is 0 Å². The van der Waals surface area contributed by atoms with Crippen molar-refractivity contribution in [2.45, 2.75) is 168 Å². The minimum absolute atomic E-state index is 0.157. The molecule has 0 nitrogen and oxygen atoms in total. The third-order valence-electron chi connectivity index (χ3n) is 8.37. The molecule has 0 bridgehead atoms. The molecule has 0 heterocycles. The van der Waals surface area contributed by atoms with Crippen LogP contribution in [0.25, 0.3) is 0 Å². The van der Waals surface area contributed by atoms with Crippen molar-refractivity contribution in [3.8, 4) is 0 Å². The first-order valence-electron chi connectivity index (χ1n) is 15.5. The molecular weight excluding hydrogens is 868 g/mol. The SMILES string of the molecule is CC(C)CCCCCCCCCCC(F)(F)C(F)(F)C(F)(F)C(F)(F)C(F)(F)C(F)(F)C(F)(F)C(F)(F)C(F)(F)C(F)(F)C(F)(F)C(F)(F)C(F)(F)C(C)(F)F. The number of hydrogen-bond donors (Lipinski definition) is 0. The molecule has 0 saturated heterocycles. The van der Waals surface area contributed by atoms with Crippen LogP contribution in [0.15, 0.2) is 0 Å². The molecule has 0 amide bonds. The van der Waals surface area contributed by atoms with E-state index in [1.54, 1.807) is 0 Å². The van der Waals surface area contributed by atoms with Gasteiger partial charge in [-0.15, -0.1) is 0 Å². The molecule has 0 aromatic rings. The second-order valence-electron chi connectivity index (χ2n) is 13.2. The first-order chi connectivity index (χ1) is 24.2. The Kier molecular flexibility index (Phi) is 15.3. The van der Waals surface area contributed by atoms with Crippen molar-refractivity contribution in [2.75, 3.05) is 0 Å². The quantitative estimate of drug-likeness (QED) is 0.0669. The molecule has 338 valence electrons. The lowest BCUT2D eigenvalue weighted by atomic mass is 9.83. The van der Waals surface area contributed by atoms with E-state index in [0.717, 1.165) is 12.8 Å². The number of rotatable bonds is 24. The molecule has 0 aliphatic rings. The molecule has 0 rings (SSSR count). The maximum atomic E-state index is 14.1. The Morgan fingerprint density at radius 2 is 0.464 bits per heavy atom. The Hall–Kier alpha value is -1.96. The summed E-state index contributed by atoms with van der Waals surface area (Å²) in [7, 11) is 0. The van der Waals surface area contributed by atoms with Gasteiger partial charge in [-0.1, -0.05) is 65.2 Å². The van der Waals surface area contributed by atoms with Crippen LogP contribution in [0, 0.1) is 5.92 Å². The minimum Gasteiger partial charge on any atom is -0.200 e. The van der Waals surface area contributed by atoms with E-state index in [4.69, 9.17) is 0 Å². The summed E-state index contributed by atoms with van der Waals surface area (Å²) in [5, 5.41) is 0. The van der Waals surface area contributed by atoms with Crippen molar-refractivity contribution >= 4 is 0 Å². The molecule has 0 aromatic heterocycles. The summed E-state index contributed by atoms with van der Waals surface area (Å²) in [6, 6.07) is 0. The van der Waals surface area contributed by atoms with Crippen LogP contribution in [-0.4, -0.2) is 82.9 Å². The van der Waals surface area contributed by atoms with E-state index in [1.807, 2.05) is 13.8 Å². The zero-order chi connectivity index (χ0) is 45.6. The summed E-state index contributed by atoms with van der Waals surface area (Å²) >= 11 is 0. The van der Waals surface area contributed by atoms with Crippen LogP contribution < -0.4 is 0 Å². The molecule has 0 aliphatic carbocycles. The van der Waals surface area contributed by atoms with Gasteiger partial charge in [0, 0.05) is 13.3 Å². The standard InChI is InChI=1S/C28H30F28/c1-14(2)12-10-8-6-4-5-7-9-11-13-16(31,32)18(35,36)20(39,40)22(43,44)24(47,48)26(51,52)28(55,56)27(53,54)25(49,50)23(45,46)21(41,42)19(37,38)17(33,34)15(3,29)30/h14H,4-13H2,1-3H3. The monoisotopic (exact) mass is 898 g/mol. The van der Waals surface area contributed by atoms with Crippen LogP contribution in [0.4, 0.5) is 123 Å². The van der Waals surface area contributed by atoms with Crippen LogP contribution in [0.3, 0.4) is 0 Å². The molecule has 0 unspecified atom stereocenters. The molecule has 0 aromatic carbocycles. The molecule has 0 saturated carbocycles. The predicted molar refractivity (Wildman–Crippen MR) is 136 cm³/mol. The van der Waals surface area contributed by atoms with Crippen molar-refractivity contribution in [2.24, 2.45) is 5.92 Å². The molecule has 0 aliphatic heterocycles. The summed E-state index contributed by atoms with van der Waals surface area (Å²) in [6.45, 7) is 2.24. The van der Waals surface area contributed by atoms with Gasteiger partial charge in [-0.05, 0) is 12.3 Å². The van der Waals surface area contributed by atoms with E-state index < -0.39 is 109 Å². The summed E-state index contributed by atoms with van der Waals surface area (Å²) in [5.41, 5.74) is 0. The zero-order valence-electron chi connectivity index (χ0n) is 28.2. The number of halogens is 28. The highest BCUT2D eigenvalue weighted by atomic mass is 19.4. The fourth-order valence-electron chi connectivity index (χ4n) is 4.59. The van der Waals surface area contributed by atoms with Gasteiger partial charge in [0.15, 0.2) is 0 Å². The van der Waals surface area contributed by atoms with E-state index >= 15 is 0 Å². The maximum Gasteiger partial charge on any atom is 0.385 e. The number of hydrogen-bond acceptors (Lipinski definition) is 0. The lowest BCUT2D eigenvalue weighted by molar-refractivity contribution is -0.484. The van der Waals surface area contributed by atoms with Crippen LogP contribution in [0.1, 0.15) is 85.0 Å². The van der Waals surface area contributed by atoms with Crippen LogP contribution >= 0.6 is 0 Å². The second kappa shape index (κ2) is 15.9. The van der Waals surface area contributed by atoms with E-state index in [2.05, 4.69) is 0 Å². The molecule has 28 heteroatoms. The van der Waals surface area contributed by atoms with Crippen LogP contribution in [0.5, 0.6) is 0 Å². The van der Waals surface area contributed by atoms with E-state index in [9.17, 15) is 123 Å². The van der Waals surface area contributed by atoms with Gasteiger partial charge in [-0.25, -0.2) is 0 Å². The summed E-state index contributed by atoms with van der Waals surface area (Å²) in [4.78, 5) is 0. The average molecular weight is 898 g/mol. The lowest BCUT2D eigenvalue weighted by Gasteiger charge is -2.46. The zero-order valence-corrected chi connectivity index (χ0v) is 28.2. The molecule has 56 heavy (non-hydrogen) atoms. The van der Waals surface area contributed by atoms with Gasteiger partial charge < -0.3 is 0 Å². The Bertz CT molecular complexity index is 1270. The molecule has 0 atom stereocenters. The first kappa shape index (κ1) is 54.0. The van der Waals surface area contributed by atoms with E-state index in [0.29, 0.717) is 25.2 Å². The Morgan fingerprint density at radius 3 is 0.696 bits per heavy atom. The third-order valence-corrected chi connectivity index (χ3v) is 8.37. The smallest absolute Gasteiger partial charge is 0.200 e. The summed E-state index contributed by atoms with van der Waals surface area (Å²) < 4.78 is 387. The topological polar surface area (TPSA) is 0 Å². The highest BCUT2D eigenvalue weighted by Crippen LogP contribution is 2.69. The van der Waals surface area contributed by atoms with Crippen LogP contribution in [-0.2, 0) is 0 Å². The highest BCUT2D eigenvalue weighted by Gasteiger charge is 3.00. The molecule has 0 fully saturated rings. The Morgan fingerprint density at radius 1 is 0.268 bits per heavy atom. The number of unbranched alkanes of at least 4 members (excludes halogenated alkanes) is 7. The molecule has 0 radical (unpaired) electrons. The van der Waals surface area contributed by atoms with Crippen molar-refractivity contribution < 1.29 is 123 Å². The molecular formula is C28H30F28. The highest BCUT2D eigenvalue weighted by molar-refractivity contribution is 5.21. The van der Waals surface area contributed by atoms with Crippen molar-refractivity contribution in [3.05, 3.63) is 0 Å². The molecule has 0 N–H and O–H groups in total. The van der Waals surface area contributed by atoms with Gasteiger partial charge >= 0.3 is 82.9 Å². The Balaban J connectivity index is 6.74. The Labute approximate surface area is 297 Å². The van der Waals surface area contributed by atoms with E-state index in [1.165, 1.54) is 0 Å². The predicted octanol–water partition coefficient (Wildman–Crippen LogP) is 14.5. The van der Waals surface area contributed by atoms with Gasteiger partial charge in [-0.2, -0.15) is 123 Å². The fraction of sp³-hybridized carbons (Fsp3) is 1.00. The van der Waals surface area contributed by atoms with Crippen LogP contribution in [0.2, 0.25) is 0 Å². The van der Waals surface area contributed by atoms with Gasteiger partial charge in [0.2, 0.25) is 0 Å². The minimum atomic E-state index is -9.81. The van der Waals surface area contributed by atoms with E-state index in [-0.39, 0.29) is 12.8 Å². The molecule has 0 spiro atoms. The van der Waals surface area contributed by atoms with Gasteiger partial charge in [0.05, 0.1) is 0 Å². The van der Waals surface area contributed by atoms with Crippen molar-refractivity contribution in [1.29, 1.82) is 0 Å². The van der Waals surface area contributed by atoms with Gasteiger partial charge in [0.25, 0.3) is 0 Å². The second-order valence-corrected chi connectivity index (χ2v) is 13.2. The fourth-order valence-corrected chi connectivity index (χ4v) is 4.59. The first-order valence-corrected chi connectivity index (χ1v) is 15.5. The van der Waals surface area contributed by atoms with Crippen molar-refractivity contribution in [3.63, 3.8) is 0 Å². The number of alkyl halides is 28.